The minimum absolute atomic E-state index is 0.00145. The molecule has 5 heteroatoms. The first-order valence-electron chi connectivity index (χ1n) is 12.1. The first-order valence-corrected chi connectivity index (χ1v) is 12.1. The summed E-state index contributed by atoms with van der Waals surface area (Å²) in [6.45, 7) is 7.12. The smallest absolute Gasteiger partial charge is 0.248 e. The predicted molar refractivity (Wildman–Crippen MR) is 138 cm³/mol. The maximum absolute atomic E-state index is 13.8. The lowest BCUT2D eigenvalue weighted by Crippen LogP contribution is -2.37. The molecule has 4 rings (SSSR count). The van der Waals surface area contributed by atoms with Gasteiger partial charge in [0.1, 0.15) is 19.1 Å². The van der Waals surface area contributed by atoms with E-state index in [1.165, 1.54) is 5.56 Å². The Balaban J connectivity index is 1.67. The zero-order chi connectivity index (χ0) is 23.9. The van der Waals surface area contributed by atoms with Crippen molar-refractivity contribution >= 4 is 22.6 Å². The number of carbonyl (C=O) groups is 1. The number of benzene rings is 3. The van der Waals surface area contributed by atoms with Crippen molar-refractivity contribution in [1.82, 2.24) is 9.55 Å². The van der Waals surface area contributed by atoms with E-state index in [4.69, 9.17) is 9.72 Å². The van der Waals surface area contributed by atoms with Gasteiger partial charge in [-0.05, 0) is 55.5 Å². The van der Waals surface area contributed by atoms with Crippen LogP contribution in [-0.2, 0) is 35.3 Å². The molecule has 3 aromatic carbocycles. The molecule has 0 spiro atoms. The highest BCUT2D eigenvalue weighted by Crippen LogP contribution is 2.27. The lowest BCUT2D eigenvalue weighted by Gasteiger charge is -2.27. The molecule has 0 N–H and O–H groups in total. The zero-order valence-corrected chi connectivity index (χ0v) is 20.3. The van der Waals surface area contributed by atoms with Gasteiger partial charge in [0.2, 0.25) is 5.91 Å². The standard InChI is InChI=1S/C29H33N3O2/c1-4-24-15-11-12-22(3)29(24)32(21-34-5-2)28(33)20-31-26-17-10-9-16-25(26)30-27(31)19-18-23-13-7-6-8-14-23/h6-17H,4-5,18-21H2,1-3H3. The van der Waals surface area contributed by atoms with E-state index in [-0.39, 0.29) is 19.2 Å². The van der Waals surface area contributed by atoms with Gasteiger partial charge in [0, 0.05) is 13.0 Å². The number of nitrogens with zero attached hydrogens (tertiary/aromatic N) is 3. The summed E-state index contributed by atoms with van der Waals surface area (Å²) in [6.07, 6.45) is 2.49. The van der Waals surface area contributed by atoms with Crippen LogP contribution < -0.4 is 4.90 Å². The number of aromatic nitrogens is 2. The third kappa shape index (κ3) is 5.20. The molecule has 1 amide bonds. The van der Waals surface area contributed by atoms with E-state index >= 15 is 0 Å². The van der Waals surface area contributed by atoms with Gasteiger partial charge in [-0.15, -0.1) is 0 Å². The molecule has 1 heterocycles. The van der Waals surface area contributed by atoms with Gasteiger partial charge in [-0.25, -0.2) is 4.98 Å². The molecular formula is C29H33N3O2. The average molecular weight is 456 g/mol. The van der Waals surface area contributed by atoms with Crippen molar-refractivity contribution in [2.45, 2.75) is 46.6 Å². The highest BCUT2D eigenvalue weighted by molar-refractivity contribution is 5.95. The predicted octanol–water partition coefficient (Wildman–Crippen LogP) is 5.72. The van der Waals surface area contributed by atoms with Gasteiger partial charge in [0.25, 0.3) is 0 Å². The zero-order valence-electron chi connectivity index (χ0n) is 20.3. The van der Waals surface area contributed by atoms with Crippen molar-refractivity contribution in [2.75, 3.05) is 18.2 Å². The third-order valence-electron chi connectivity index (χ3n) is 6.20. The molecule has 0 aliphatic carbocycles. The summed E-state index contributed by atoms with van der Waals surface area (Å²) in [5, 5.41) is 0. The molecule has 0 aliphatic heterocycles. The van der Waals surface area contributed by atoms with E-state index in [0.29, 0.717) is 6.61 Å². The fourth-order valence-electron chi connectivity index (χ4n) is 4.45. The molecule has 0 unspecified atom stereocenters. The molecule has 0 aliphatic rings. The van der Waals surface area contributed by atoms with Crippen LogP contribution in [0.4, 0.5) is 5.69 Å². The van der Waals surface area contributed by atoms with Crippen molar-refractivity contribution in [3.63, 3.8) is 0 Å². The number of amides is 1. The second-order valence-corrected chi connectivity index (χ2v) is 8.47. The number of para-hydroxylation sites is 3. The minimum atomic E-state index is 0.00145. The van der Waals surface area contributed by atoms with Crippen LogP contribution in [0.15, 0.2) is 72.8 Å². The number of rotatable bonds is 10. The largest absolute Gasteiger partial charge is 0.361 e. The SMILES string of the molecule is CCOCN(C(=O)Cn1c(CCc2ccccc2)nc2ccccc21)c1c(C)cccc1CC. The Labute approximate surface area is 202 Å². The summed E-state index contributed by atoms with van der Waals surface area (Å²) in [6, 6.07) is 24.6. The van der Waals surface area contributed by atoms with Crippen LogP contribution in [0.3, 0.4) is 0 Å². The van der Waals surface area contributed by atoms with Gasteiger partial charge in [-0.3, -0.25) is 9.69 Å². The Morgan fingerprint density at radius 1 is 0.941 bits per heavy atom. The van der Waals surface area contributed by atoms with E-state index in [2.05, 4.69) is 54.8 Å². The minimum Gasteiger partial charge on any atom is -0.361 e. The van der Waals surface area contributed by atoms with Gasteiger partial charge in [-0.2, -0.15) is 0 Å². The second-order valence-electron chi connectivity index (χ2n) is 8.47. The molecule has 0 saturated heterocycles. The van der Waals surface area contributed by atoms with Gasteiger partial charge in [-0.1, -0.05) is 67.6 Å². The second kappa shape index (κ2) is 11.1. The Morgan fingerprint density at radius 2 is 1.71 bits per heavy atom. The Kier molecular flexibility index (Phi) is 7.76. The van der Waals surface area contributed by atoms with Gasteiger partial charge in [0.05, 0.1) is 16.7 Å². The van der Waals surface area contributed by atoms with E-state index in [0.717, 1.165) is 52.9 Å². The van der Waals surface area contributed by atoms with E-state index in [9.17, 15) is 4.79 Å². The normalized spacial score (nSPS) is 11.1. The Bertz CT molecular complexity index is 1250. The van der Waals surface area contributed by atoms with Crippen LogP contribution in [0.25, 0.3) is 11.0 Å². The number of hydrogen-bond acceptors (Lipinski definition) is 3. The third-order valence-corrected chi connectivity index (χ3v) is 6.20. The fraction of sp³-hybridized carbons (Fsp3) is 0.310. The van der Waals surface area contributed by atoms with E-state index in [1.54, 1.807) is 4.90 Å². The first-order chi connectivity index (χ1) is 16.6. The number of aryl methyl sites for hydroxylation is 4. The number of anilines is 1. The summed E-state index contributed by atoms with van der Waals surface area (Å²) in [4.78, 5) is 20.5. The van der Waals surface area contributed by atoms with Gasteiger partial charge >= 0.3 is 0 Å². The van der Waals surface area contributed by atoms with Crippen LogP contribution in [0, 0.1) is 6.92 Å². The maximum atomic E-state index is 13.8. The quantitative estimate of drug-likeness (QED) is 0.287. The van der Waals surface area contributed by atoms with Crippen molar-refractivity contribution in [3.8, 4) is 0 Å². The summed E-state index contributed by atoms with van der Waals surface area (Å²) in [5.74, 6) is 0.928. The van der Waals surface area contributed by atoms with Crippen LogP contribution in [0.5, 0.6) is 0 Å². The Hall–Kier alpha value is -3.44. The van der Waals surface area contributed by atoms with Crippen LogP contribution in [0.1, 0.15) is 36.4 Å². The fourth-order valence-corrected chi connectivity index (χ4v) is 4.45. The van der Waals surface area contributed by atoms with E-state index < -0.39 is 0 Å². The topological polar surface area (TPSA) is 47.4 Å². The van der Waals surface area contributed by atoms with E-state index in [1.807, 2.05) is 43.3 Å². The molecule has 0 bridgehead atoms. The maximum Gasteiger partial charge on any atom is 0.248 e. The van der Waals surface area contributed by atoms with Crippen molar-refractivity contribution < 1.29 is 9.53 Å². The number of hydrogen-bond donors (Lipinski definition) is 0. The monoisotopic (exact) mass is 455 g/mol. The Morgan fingerprint density at radius 3 is 2.47 bits per heavy atom. The molecule has 5 nitrogen and oxygen atoms in total. The summed E-state index contributed by atoms with van der Waals surface area (Å²) in [7, 11) is 0. The molecule has 176 valence electrons. The number of carbonyl (C=O) groups excluding carboxylic acids is 1. The summed E-state index contributed by atoms with van der Waals surface area (Å²) < 4.78 is 7.82. The average Bonchev–Trinajstić information content (AvgIpc) is 3.21. The van der Waals surface area contributed by atoms with Crippen molar-refractivity contribution in [2.24, 2.45) is 0 Å². The van der Waals surface area contributed by atoms with Gasteiger partial charge in [0.15, 0.2) is 0 Å². The molecule has 34 heavy (non-hydrogen) atoms. The molecular weight excluding hydrogens is 422 g/mol. The number of imidazole rings is 1. The highest BCUT2D eigenvalue weighted by Gasteiger charge is 2.23. The lowest BCUT2D eigenvalue weighted by atomic mass is 10.0. The molecule has 0 radical (unpaired) electrons. The molecule has 1 aromatic heterocycles. The number of fused-ring (bicyclic) bond motifs is 1. The van der Waals surface area contributed by atoms with Gasteiger partial charge < -0.3 is 9.30 Å². The van der Waals surface area contributed by atoms with Crippen LogP contribution in [0.2, 0.25) is 0 Å². The first kappa shape index (κ1) is 23.7. The highest BCUT2D eigenvalue weighted by atomic mass is 16.5. The lowest BCUT2D eigenvalue weighted by molar-refractivity contribution is -0.120. The van der Waals surface area contributed by atoms with Crippen LogP contribution in [-0.4, -0.2) is 28.8 Å². The molecule has 0 fully saturated rings. The summed E-state index contributed by atoms with van der Waals surface area (Å²) in [5.41, 5.74) is 6.34. The van der Waals surface area contributed by atoms with Crippen molar-refractivity contribution in [1.29, 1.82) is 0 Å². The molecule has 4 aromatic rings. The van der Waals surface area contributed by atoms with Crippen molar-refractivity contribution in [3.05, 3.63) is 95.3 Å². The molecule has 0 saturated carbocycles. The number of ether oxygens (including phenoxy) is 1. The van der Waals surface area contributed by atoms with Crippen LogP contribution >= 0.6 is 0 Å². The summed E-state index contributed by atoms with van der Waals surface area (Å²) >= 11 is 0. The molecule has 0 atom stereocenters.